The SMILES string of the molecule is COC(=O)C1=C(C)N=c2sc(=Cc3ccc(-c4ccc(Cl)cc4)o3)c(=O)n2C1c1ccc(OC(C)=O)c(OC)c1. The summed E-state index contributed by atoms with van der Waals surface area (Å²) >= 11 is 7.16. The molecule has 0 radical (unpaired) electrons. The number of esters is 2. The van der Waals surface area contributed by atoms with E-state index in [4.69, 9.17) is 30.2 Å². The number of nitrogens with zero attached hydrogens (tertiary/aromatic N) is 2. The molecule has 4 aromatic rings. The van der Waals surface area contributed by atoms with E-state index in [9.17, 15) is 14.4 Å². The number of thiazole rings is 1. The van der Waals surface area contributed by atoms with Gasteiger partial charge < -0.3 is 18.6 Å². The number of methoxy groups -OCH3 is 2. The summed E-state index contributed by atoms with van der Waals surface area (Å²) in [5.74, 6) is 0.435. The Balaban J connectivity index is 1.64. The third kappa shape index (κ3) is 5.11. The van der Waals surface area contributed by atoms with Gasteiger partial charge in [-0.3, -0.25) is 14.2 Å². The number of allylic oxidation sites excluding steroid dienone is 1. The molecule has 1 unspecified atom stereocenters. The minimum Gasteiger partial charge on any atom is -0.493 e. The lowest BCUT2D eigenvalue weighted by Gasteiger charge is -2.25. The van der Waals surface area contributed by atoms with E-state index in [0.717, 1.165) is 5.56 Å². The maximum absolute atomic E-state index is 13.8. The highest BCUT2D eigenvalue weighted by Crippen LogP contribution is 2.36. The molecule has 40 heavy (non-hydrogen) atoms. The van der Waals surface area contributed by atoms with Gasteiger partial charge in [0.25, 0.3) is 5.56 Å². The quantitative estimate of drug-likeness (QED) is 0.248. The van der Waals surface area contributed by atoms with E-state index in [0.29, 0.717) is 37.1 Å². The first kappa shape index (κ1) is 27.2. The van der Waals surface area contributed by atoms with E-state index in [2.05, 4.69) is 4.99 Å². The van der Waals surface area contributed by atoms with E-state index in [-0.39, 0.29) is 22.6 Å². The summed E-state index contributed by atoms with van der Waals surface area (Å²) in [7, 11) is 2.70. The minimum absolute atomic E-state index is 0.201. The normalized spacial score (nSPS) is 14.9. The first-order valence-electron chi connectivity index (χ1n) is 12.0. The fourth-order valence-corrected chi connectivity index (χ4v) is 5.58. The van der Waals surface area contributed by atoms with Crippen molar-refractivity contribution >= 4 is 41.0 Å². The number of halogens is 1. The molecule has 0 N–H and O–H groups in total. The average Bonchev–Trinajstić information content (AvgIpc) is 3.52. The van der Waals surface area contributed by atoms with Crippen molar-refractivity contribution in [2.75, 3.05) is 14.2 Å². The summed E-state index contributed by atoms with van der Waals surface area (Å²) in [6.07, 6.45) is 1.64. The lowest BCUT2D eigenvalue weighted by atomic mass is 9.95. The highest BCUT2D eigenvalue weighted by atomic mass is 35.5. The zero-order valence-electron chi connectivity index (χ0n) is 21.9. The number of benzene rings is 2. The van der Waals surface area contributed by atoms with E-state index in [1.807, 2.05) is 18.2 Å². The standard InChI is InChI=1S/C29H23ClN2O7S/c1-15-25(28(35)37-4)26(18-7-11-22(38-16(2)33)23(13-18)36-3)32-27(34)24(40-29(32)31-15)14-20-10-12-21(39-20)17-5-8-19(30)9-6-17/h5-14,26H,1-4H3. The first-order valence-corrected chi connectivity index (χ1v) is 13.2. The van der Waals surface area contributed by atoms with Crippen LogP contribution in [0.1, 0.15) is 31.2 Å². The molecule has 0 saturated heterocycles. The number of aromatic nitrogens is 1. The molecule has 11 heteroatoms. The number of hydrogen-bond acceptors (Lipinski definition) is 9. The zero-order chi connectivity index (χ0) is 28.6. The molecule has 0 spiro atoms. The Bertz CT molecular complexity index is 1850. The van der Waals surface area contributed by atoms with Gasteiger partial charge in [0.1, 0.15) is 11.5 Å². The van der Waals surface area contributed by atoms with Crippen molar-refractivity contribution in [2.24, 2.45) is 4.99 Å². The highest BCUT2D eigenvalue weighted by Gasteiger charge is 2.33. The van der Waals surface area contributed by atoms with Crippen LogP contribution < -0.4 is 24.4 Å². The van der Waals surface area contributed by atoms with Crippen molar-refractivity contribution in [3.05, 3.63) is 102 Å². The Morgan fingerprint density at radius 2 is 1.82 bits per heavy atom. The van der Waals surface area contributed by atoms with Gasteiger partial charge in [0, 0.05) is 23.6 Å². The minimum atomic E-state index is -0.868. The number of ether oxygens (including phenoxy) is 3. The van der Waals surface area contributed by atoms with Gasteiger partial charge in [-0.15, -0.1) is 0 Å². The van der Waals surface area contributed by atoms with Gasteiger partial charge in [-0.2, -0.15) is 0 Å². The van der Waals surface area contributed by atoms with Gasteiger partial charge in [0.05, 0.1) is 36.1 Å². The van der Waals surface area contributed by atoms with Crippen LogP contribution in [0.15, 0.2) is 80.1 Å². The van der Waals surface area contributed by atoms with Crippen LogP contribution in [0.5, 0.6) is 11.5 Å². The summed E-state index contributed by atoms with van der Waals surface area (Å²) in [4.78, 5) is 43.2. The number of fused-ring (bicyclic) bond motifs is 1. The van der Waals surface area contributed by atoms with Crippen molar-refractivity contribution in [1.82, 2.24) is 4.57 Å². The van der Waals surface area contributed by atoms with Gasteiger partial charge >= 0.3 is 11.9 Å². The van der Waals surface area contributed by atoms with Crippen molar-refractivity contribution in [3.63, 3.8) is 0 Å². The van der Waals surface area contributed by atoms with Gasteiger partial charge in [0.2, 0.25) is 0 Å². The maximum Gasteiger partial charge on any atom is 0.338 e. The molecule has 2 aromatic heterocycles. The predicted molar refractivity (Wildman–Crippen MR) is 149 cm³/mol. The van der Waals surface area contributed by atoms with Crippen molar-refractivity contribution < 1.29 is 28.2 Å². The van der Waals surface area contributed by atoms with Crippen LogP contribution >= 0.6 is 22.9 Å². The summed E-state index contributed by atoms with van der Waals surface area (Å²) in [6.45, 7) is 2.97. The van der Waals surface area contributed by atoms with Crippen LogP contribution in [0.2, 0.25) is 5.02 Å². The van der Waals surface area contributed by atoms with Gasteiger partial charge in [-0.1, -0.05) is 29.0 Å². The lowest BCUT2D eigenvalue weighted by Crippen LogP contribution is -2.39. The Kier molecular flexibility index (Phi) is 7.46. The third-order valence-electron chi connectivity index (χ3n) is 6.21. The number of carbonyl (C=O) groups is 2. The molecule has 0 amide bonds. The number of furan rings is 1. The first-order chi connectivity index (χ1) is 19.2. The Morgan fingerprint density at radius 1 is 1.07 bits per heavy atom. The number of rotatable bonds is 6. The van der Waals surface area contributed by atoms with Crippen LogP contribution in [0.25, 0.3) is 17.4 Å². The van der Waals surface area contributed by atoms with E-state index in [1.165, 1.54) is 37.0 Å². The number of carbonyl (C=O) groups excluding carboxylic acids is 2. The van der Waals surface area contributed by atoms with Crippen LogP contribution in [0.4, 0.5) is 0 Å². The molecule has 5 rings (SSSR count). The summed E-state index contributed by atoms with van der Waals surface area (Å²) < 4.78 is 23.5. The molecule has 0 aliphatic carbocycles. The second kappa shape index (κ2) is 11.0. The highest BCUT2D eigenvalue weighted by molar-refractivity contribution is 7.07. The smallest absolute Gasteiger partial charge is 0.338 e. The second-order valence-corrected chi connectivity index (χ2v) is 10.2. The summed E-state index contributed by atoms with van der Waals surface area (Å²) in [6, 6.07) is 14.8. The Hall–Kier alpha value is -4.41. The van der Waals surface area contributed by atoms with E-state index < -0.39 is 18.0 Å². The molecule has 1 atom stereocenters. The molecule has 2 aromatic carbocycles. The summed E-state index contributed by atoms with van der Waals surface area (Å²) in [5.41, 5.74) is 1.63. The molecule has 0 saturated carbocycles. The van der Waals surface area contributed by atoms with Crippen LogP contribution in [-0.2, 0) is 14.3 Å². The monoisotopic (exact) mass is 578 g/mol. The molecule has 0 fully saturated rings. The fourth-order valence-electron chi connectivity index (χ4n) is 4.43. The van der Waals surface area contributed by atoms with E-state index in [1.54, 1.807) is 49.4 Å². The van der Waals surface area contributed by atoms with Crippen LogP contribution in [0.3, 0.4) is 0 Å². The molecule has 0 bridgehead atoms. The van der Waals surface area contributed by atoms with Crippen molar-refractivity contribution in [1.29, 1.82) is 0 Å². The molecule has 3 heterocycles. The zero-order valence-corrected chi connectivity index (χ0v) is 23.5. The lowest BCUT2D eigenvalue weighted by molar-refractivity contribution is -0.136. The van der Waals surface area contributed by atoms with Crippen molar-refractivity contribution in [2.45, 2.75) is 19.9 Å². The topological polar surface area (TPSA) is 109 Å². The van der Waals surface area contributed by atoms with Gasteiger partial charge in [-0.25, -0.2) is 9.79 Å². The van der Waals surface area contributed by atoms with E-state index >= 15 is 0 Å². The Morgan fingerprint density at radius 3 is 2.50 bits per heavy atom. The average molecular weight is 579 g/mol. The number of hydrogen-bond donors (Lipinski definition) is 0. The van der Waals surface area contributed by atoms with Gasteiger partial charge in [0.15, 0.2) is 16.3 Å². The third-order valence-corrected chi connectivity index (χ3v) is 7.45. The molecule has 1 aliphatic heterocycles. The maximum atomic E-state index is 13.8. The predicted octanol–water partition coefficient (Wildman–Crippen LogP) is 4.26. The second-order valence-electron chi connectivity index (χ2n) is 8.79. The van der Waals surface area contributed by atoms with Crippen molar-refractivity contribution in [3.8, 4) is 22.8 Å². The largest absolute Gasteiger partial charge is 0.493 e. The molecular formula is C29H23ClN2O7S. The van der Waals surface area contributed by atoms with Crippen LogP contribution in [-0.4, -0.2) is 30.7 Å². The summed E-state index contributed by atoms with van der Waals surface area (Å²) in [5, 5.41) is 0.617. The molecule has 9 nitrogen and oxygen atoms in total. The van der Waals surface area contributed by atoms with Crippen LogP contribution in [0, 0.1) is 0 Å². The molecule has 204 valence electrons. The Labute approximate surface area is 237 Å². The molecular weight excluding hydrogens is 556 g/mol. The molecule has 1 aliphatic rings. The fraction of sp³-hybridized carbons (Fsp3) is 0.172. The van der Waals surface area contributed by atoms with Gasteiger partial charge in [-0.05, 0) is 61.0 Å².